The predicted molar refractivity (Wildman–Crippen MR) is 106 cm³/mol. The summed E-state index contributed by atoms with van der Waals surface area (Å²) < 4.78 is 0. The molecule has 130 valence electrons. The summed E-state index contributed by atoms with van der Waals surface area (Å²) >= 11 is 7.31. The number of nitrogens with one attached hydrogen (secondary N) is 1. The van der Waals surface area contributed by atoms with Gasteiger partial charge in [0.05, 0.1) is 11.2 Å². The van der Waals surface area contributed by atoms with E-state index in [4.69, 9.17) is 11.6 Å². The van der Waals surface area contributed by atoms with Crippen molar-refractivity contribution >= 4 is 44.7 Å². The van der Waals surface area contributed by atoms with Gasteiger partial charge in [-0.1, -0.05) is 36.7 Å². The number of halogens is 1. The van der Waals surface area contributed by atoms with Crippen LogP contribution in [0.1, 0.15) is 12.5 Å². The lowest BCUT2D eigenvalue weighted by atomic mass is 10.1. The highest BCUT2D eigenvalue weighted by molar-refractivity contribution is 7.13. The number of hydrogen-bond acceptors (Lipinski definition) is 5. The standard InChI is InChI=1S/C19H15ClN4OS/c1-2-11-3-8-15-14(9-11)17(18(25)21-15)23-24-19-22-16(10-26-19)12-4-6-13(20)7-5-12/h3-10,21,25H,2H2,1H3. The largest absolute Gasteiger partial charge is 0.493 e. The topological polar surface area (TPSA) is 73.6 Å². The Labute approximate surface area is 159 Å². The molecule has 4 rings (SSSR count). The fourth-order valence-corrected chi connectivity index (χ4v) is 3.46. The number of rotatable bonds is 4. The number of aromatic amines is 1. The summed E-state index contributed by atoms with van der Waals surface area (Å²) in [5.41, 5.74) is 4.21. The van der Waals surface area contributed by atoms with E-state index in [1.165, 1.54) is 16.9 Å². The second kappa shape index (κ2) is 6.90. The van der Waals surface area contributed by atoms with E-state index in [2.05, 4.69) is 27.1 Å². The molecule has 0 radical (unpaired) electrons. The third-order valence-electron chi connectivity index (χ3n) is 4.09. The molecule has 0 unspecified atom stereocenters. The fourth-order valence-electron chi connectivity index (χ4n) is 2.69. The van der Waals surface area contributed by atoms with E-state index < -0.39 is 0 Å². The van der Waals surface area contributed by atoms with Crippen molar-refractivity contribution in [2.45, 2.75) is 13.3 Å². The molecule has 0 amide bonds. The monoisotopic (exact) mass is 382 g/mol. The quantitative estimate of drug-likeness (QED) is 0.389. The summed E-state index contributed by atoms with van der Waals surface area (Å²) in [6.07, 6.45) is 0.912. The molecule has 2 heterocycles. The molecular weight excluding hydrogens is 368 g/mol. The van der Waals surface area contributed by atoms with E-state index >= 15 is 0 Å². The van der Waals surface area contributed by atoms with Gasteiger partial charge in [-0.05, 0) is 36.2 Å². The first kappa shape index (κ1) is 16.8. The summed E-state index contributed by atoms with van der Waals surface area (Å²) in [5, 5.41) is 22.6. The molecule has 0 bridgehead atoms. The molecule has 0 aliphatic heterocycles. The Morgan fingerprint density at radius 2 is 1.96 bits per heavy atom. The van der Waals surface area contributed by atoms with Gasteiger partial charge in [-0.25, -0.2) is 4.98 Å². The number of thiazole rings is 1. The van der Waals surface area contributed by atoms with Gasteiger partial charge in [0.25, 0.3) is 0 Å². The smallest absolute Gasteiger partial charge is 0.230 e. The minimum absolute atomic E-state index is 0.00600. The Bertz CT molecular complexity index is 1100. The molecule has 2 aromatic heterocycles. The summed E-state index contributed by atoms with van der Waals surface area (Å²) in [4.78, 5) is 7.40. The van der Waals surface area contributed by atoms with Crippen molar-refractivity contribution in [3.05, 3.63) is 58.4 Å². The highest BCUT2D eigenvalue weighted by atomic mass is 35.5. The van der Waals surface area contributed by atoms with Gasteiger partial charge >= 0.3 is 0 Å². The van der Waals surface area contributed by atoms with Crippen LogP contribution in [0.3, 0.4) is 0 Å². The highest BCUT2D eigenvalue weighted by Gasteiger charge is 2.11. The zero-order valence-electron chi connectivity index (χ0n) is 13.9. The summed E-state index contributed by atoms with van der Waals surface area (Å²) in [6.45, 7) is 2.09. The summed E-state index contributed by atoms with van der Waals surface area (Å²) in [5.74, 6) is 0.00600. The average molecular weight is 383 g/mol. The van der Waals surface area contributed by atoms with Crippen LogP contribution in [0.2, 0.25) is 5.02 Å². The Morgan fingerprint density at radius 3 is 2.73 bits per heavy atom. The van der Waals surface area contributed by atoms with Crippen LogP contribution >= 0.6 is 22.9 Å². The van der Waals surface area contributed by atoms with Crippen LogP contribution in [0.4, 0.5) is 10.8 Å². The molecule has 0 saturated heterocycles. The minimum atomic E-state index is 0.00600. The van der Waals surface area contributed by atoms with E-state index in [1.807, 2.05) is 47.8 Å². The minimum Gasteiger partial charge on any atom is -0.493 e. The first-order valence-corrected chi connectivity index (χ1v) is 9.36. The Hall–Kier alpha value is -2.70. The van der Waals surface area contributed by atoms with Gasteiger partial charge in [0.2, 0.25) is 11.0 Å². The number of aromatic hydroxyl groups is 1. The zero-order chi connectivity index (χ0) is 18.1. The molecule has 4 aromatic rings. The van der Waals surface area contributed by atoms with Crippen molar-refractivity contribution < 1.29 is 5.11 Å². The maximum atomic E-state index is 10.1. The predicted octanol–water partition coefficient (Wildman–Crippen LogP) is 6.63. The number of aromatic nitrogens is 2. The second-order valence-corrected chi connectivity index (χ2v) is 7.05. The van der Waals surface area contributed by atoms with Crippen LogP contribution in [0, 0.1) is 0 Å². The second-order valence-electron chi connectivity index (χ2n) is 5.78. The summed E-state index contributed by atoms with van der Waals surface area (Å²) in [7, 11) is 0. The number of hydrogen-bond donors (Lipinski definition) is 2. The van der Waals surface area contributed by atoms with Crippen molar-refractivity contribution in [1.29, 1.82) is 0 Å². The maximum Gasteiger partial charge on any atom is 0.230 e. The Kier molecular flexibility index (Phi) is 4.44. The van der Waals surface area contributed by atoms with Crippen molar-refractivity contribution in [3.63, 3.8) is 0 Å². The fraction of sp³-hybridized carbons (Fsp3) is 0.105. The van der Waals surface area contributed by atoms with Gasteiger partial charge in [0, 0.05) is 21.4 Å². The maximum absolute atomic E-state index is 10.1. The number of H-pyrrole nitrogens is 1. The van der Waals surface area contributed by atoms with Crippen LogP contribution in [0.25, 0.3) is 22.2 Å². The van der Waals surface area contributed by atoms with Gasteiger partial charge in [-0.2, -0.15) is 0 Å². The zero-order valence-corrected chi connectivity index (χ0v) is 15.5. The van der Waals surface area contributed by atoms with E-state index in [1.54, 1.807) is 0 Å². The molecule has 0 atom stereocenters. The number of benzene rings is 2. The molecule has 0 spiro atoms. The van der Waals surface area contributed by atoms with Crippen molar-refractivity contribution in [2.24, 2.45) is 10.2 Å². The van der Waals surface area contributed by atoms with Gasteiger partial charge < -0.3 is 10.1 Å². The Balaban J connectivity index is 1.65. The number of nitrogens with zero attached hydrogens (tertiary/aromatic N) is 3. The molecule has 0 aliphatic rings. The van der Waals surface area contributed by atoms with Crippen LogP contribution in [0.5, 0.6) is 5.88 Å². The third-order valence-corrected chi connectivity index (χ3v) is 5.07. The lowest BCUT2D eigenvalue weighted by Crippen LogP contribution is -1.78. The lowest BCUT2D eigenvalue weighted by molar-refractivity contribution is 0.459. The van der Waals surface area contributed by atoms with Crippen molar-refractivity contribution in [2.75, 3.05) is 0 Å². The Morgan fingerprint density at radius 1 is 1.15 bits per heavy atom. The molecule has 7 heteroatoms. The SMILES string of the molecule is CCc1ccc2[nH]c(O)c(N=Nc3nc(-c4ccc(Cl)cc4)cs3)c2c1. The van der Waals surface area contributed by atoms with Crippen molar-refractivity contribution in [1.82, 2.24) is 9.97 Å². The molecule has 0 aliphatic carbocycles. The third kappa shape index (κ3) is 3.21. The molecule has 5 nitrogen and oxygen atoms in total. The van der Waals surface area contributed by atoms with Gasteiger partial charge in [0.15, 0.2) is 5.69 Å². The first-order chi connectivity index (χ1) is 12.6. The molecule has 2 aromatic carbocycles. The highest BCUT2D eigenvalue weighted by Crippen LogP contribution is 2.37. The van der Waals surface area contributed by atoms with Crippen LogP contribution in [-0.2, 0) is 6.42 Å². The normalized spacial score (nSPS) is 11.6. The van der Waals surface area contributed by atoms with Gasteiger partial charge in [-0.15, -0.1) is 21.6 Å². The number of fused-ring (bicyclic) bond motifs is 1. The number of aryl methyl sites for hydroxylation is 1. The molecule has 26 heavy (non-hydrogen) atoms. The summed E-state index contributed by atoms with van der Waals surface area (Å²) in [6, 6.07) is 13.5. The van der Waals surface area contributed by atoms with Gasteiger partial charge in [0.1, 0.15) is 0 Å². The molecule has 2 N–H and O–H groups in total. The molecule has 0 fully saturated rings. The van der Waals surface area contributed by atoms with E-state index in [0.29, 0.717) is 15.8 Å². The van der Waals surface area contributed by atoms with Crippen molar-refractivity contribution in [3.8, 4) is 17.1 Å². The molecular formula is C19H15ClN4OS. The van der Waals surface area contributed by atoms with E-state index in [-0.39, 0.29) is 5.88 Å². The average Bonchev–Trinajstić information content (AvgIpc) is 3.24. The van der Waals surface area contributed by atoms with E-state index in [0.717, 1.165) is 28.6 Å². The number of azo groups is 1. The van der Waals surface area contributed by atoms with E-state index in [9.17, 15) is 5.11 Å². The van der Waals surface area contributed by atoms with Crippen LogP contribution in [-0.4, -0.2) is 15.1 Å². The van der Waals surface area contributed by atoms with Crippen LogP contribution < -0.4 is 0 Å². The lowest BCUT2D eigenvalue weighted by Gasteiger charge is -1.96. The first-order valence-electron chi connectivity index (χ1n) is 8.11. The van der Waals surface area contributed by atoms with Crippen LogP contribution in [0.15, 0.2) is 58.1 Å². The molecule has 0 saturated carbocycles. The van der Waals surface area contributed by atoms with Gasteiger partial charge in [-0.3, -0.25) is 0 Å².